The van der Waals surface area contributed by atoms with E-state index in [0.29, 0.717) is 17.1 Å². The number of benzene rings is 3. The van der Waals surface area contributed by atoms with Gasteiger partial charge in [-0.15, -0.1) is 0 Å². The highest BCUT2D eigenvalue weighted by Gasteiger charge is 2.32. The maximum atomic E-state index is 14.0. The van der Waals surface area contributed by atoms with Gasteiger partial charge in [-0.25, -0.2) is 8.42 Å². The van der Waals surface area contributed by atoms with E-state index >= 15 is 0 Å². The van der Waals surface area contributed by atoms with Gasteiger partial charge in [0.2, 0.25) is 0 Å². The van der Waals surface area contributed by atoms with E-state index in [0.717, 1.165) is 27.8 Å². The van der Waals surface area contributed by atoms with Crippen molar-refractivity contribution in [1.29, 1.82) is 0 Å². The zero-order valence-electron chi connectivity index (χ0n) is 18.8. The number of aryl methyl sites for hydroxylation is 1. The molecule has 1 aliphatic heterocycles. The normalized spacial score (nSPS) is 16.5. The van der Waals surface area contributed by atoms with Crippen molar-refractivity contribution >= 4 is 32.6 Å². The van der Waals surface area contributed by atoms with Crippen LogP contribution < -0.4 is 0 Å². The molecule has 0 aliphatic carbocycles. The lowest BCUT2D eigenvalue weighted by atomic mass is 9.94. The molecule has 1 atom stereocenters. The SMILES string of the molecule is Cc1ccc(S(=O)(=O)N2C[C@H](c3ccccc3)C=C(c3ccccc3)C=C2c2ccsc2)cc1. The van der Waals surface area contributed by atoms with Crippen LogP contribution in [0, 0.1) is 6.92 Å². The molecule has 0 fully saturated rings. The molecule has 3 aromatic carbocycles. The molecule has 0 saturated carbocycles. The van der Waals surface area contributed by atoms with E-state index in [2.05, 4.69) is 30.3 Å². The van der Waals surface area contributed by atoms with Gasteiger partial charge in [0.15, 0.2) is 0 Å². The van der Waals surface area contributed by atoms with E-state index in [4.69, 9.17) is 0 Å². The van der Waals surface area contributed by atoms with Gasteiger partial charge in [-0.05, 0) is 53.3 Å². The summed E-state index contributed by atoms with van der Waals surface area (Å²) in [6.45, 7) is 2.28. The fourth-order valence-electron chi connectivity index (χ4n) is 4.23. The summed E-state index contributed by atoms with van der Waals surface area (Å²) < 4.78 is 29.7. The highest BCUT2D eigenvalue weighted by molar-refractivity contribution is 7.89. The number of rotatable bonds is 5. The Bertz CT molecular complexity index is 1420. The topological polar surface area (TPSA) is 37.4 Å². The summed E-state index contributed by atoms with van der Waals surface area (Å²) >= 11 is 1.56. The molecular formula is C29H25NO2S2. The molecule has 0 unspecified atom stereocenters. The minimum absolute atomic E-state index is 0.107. The fourth-order valence-corrected chi connectivity index (χ4v) is 6.39. The van der Waals surface area contributed by atoms with Gasteiger partial charge in [0.05, 0.1) is 10.6 Å². The maximum absolute atomic E-state index is 14.0. The summed E-state index contributed by atoms with van der Waals surface area (Å²) in [6.07, 6.45) is 4.22. The van der Waals surface area contributed by atoms with Crippen molar-refractivity contribution in [2.75, 3.05) is 6.54 Å². The van der Waals surface area contributed by atoms with Crippen molar-refractivity contribution in [2.24, 2.45) is 0 Å². The van der Waals surface area contributed by atoms with Gasteiger partial charge in [-0.3, -0.25) is 4.31 Å². The first-order valence-electron chi connectivity index (χ1n) is 11.2. The Hall–Kier alpha value is -3.41. The Morgan fingerprint density at radius 3 is 2.15 bits per heavy atom. The second kappa shape index (κ2) is 9.45. The molecule has 0 spiro atoms. The number of hydrogen-bond donors (Lipinski definition) is 0. The first-order chi connectivity index (χ1) is 16.5. The minimum Gasteiger partial charge on any atom is -0.265 e. The number of nitrogens with zero attached hydrogens (tertiary/aromatic N) is 1. The number of thiophene rings is 1. The van der Waals surface area contributed by atoms with Crippen LogP contribution in [0.5, 0.6) is 0 Å². The van der Waals surface area contributed by atoms with Crippen LogP contribution in [-0.4, -0.2) is 19.3 Å². The third-order valence-corrected chi connectivity index (χ3v) is 8.54. The lowest BCUT2D eigenvalue weighted by Crippen LogP contribution is -2.32. The Morgan fingerprint density at radius 2 is 1.50 bits per heavy atom. The summed E-state index contributed by atoms with van der Waals surface area (Å²) in [5, 5.41) is 3.99. The lowest BCUT2D eigenvalue weighted by Gasteiger charge is -2.28. The first-order valence-corrected chi connectivity index (χ1v) is 13.6. The number of sulfonamides is 1. The Morgan fingerprint density at radius 1 is 0.824 bits per heavy atom. The molecule has 2 heterocycles. The van der Waals surface area contributed by atoms with Crippen molar-refractivity contribution < 1.29 is 8.42 Å². The third kappa shape index (κ3) is 4.49. The van der Waals surface area contributed by atoms with Gasteiger partial charge in [0.1, 0.15) is 0 Å². The lowest BCUT2D eigenvalue weighted by molar-refractivity contribution is 0.499. The Kier molecular flexibility index (Phi) is 6.22. The van der Waals surface area contributed by atoms with Crippen LogP contribution in [0.15, 0.2) is 119 Å². The quantitative estimate of drug-likeness (QED) is 0.307. The molecule has 3 nitrogen and oxygen atoms in total. The first kappa shape index (κ1) is 22.4. The predicted molar refractivity (Wildman–Crippen MR) is 141 cm³/mol. The van der Waals surface area contributed by atoms with E-state index in [1.165, 1.54) is 0 Å². The summed E-state index contributed by atoms with van der Waals surface area (Å²) in [4.78, 5) is 0.300. The molecule has 0 bridgehead atoms. The van der Waals surface area contributed by atoms with E-state index in [-0.39, 0.29) is 5.92 Å². The van der Waals surface area contributed by atoms with Crippen LogP contribution in [-0.2, 0) is 10.0 Å². The molecule has 170 valence electrons. The Balaban J connectivity index is 1.71. The van der Waals surface area contributed by atoms with Crippen LogP contribution in [0.3, 0.4) is 0 Å². The zero-order chi connectivity index (χ0) is 23.5. The van der Waals surface area contributed by atoms with Gasteiger partial charge >= 0.3 is 0 Å². The third-order valence-electron chi connectivity index (χ3n) is 6.06. The maximum Gasteiger partial charge on any atom is 0.264 e. The van der Waals surface area contributed by atoms with Gasteiger partial charge in [-0.2, -0.15) is 11.3 Å². The van der Waals surface area contributed by atoms with E-state index in [1.807, 2.05) is 78.4 Å². The van der Waals surface area contributed by atoms with Crippen LogP contribution >= 0.6 is 11.3 Å². The minimum atomic E-state index is -3.79. The van der Waals surface area contributed by atoms with Crippen molar-refractivity contribution in [1.82, 2.24) is 4.31 Å². The molecule has 5 rings (SSSR count). The van der Waals surface area contributed by atoms with E-state index in [1.54, 1.807) is 27.8 Å². The van der Waals surface area contributed by atoms with Crippen molar-refractivity contribution in [3.63, 3.8) is 0 Å². The summed E-state index contributed by atoms with van der Waals surface area (Å²) in [5.74, 6) is -0.107. The standard InChI is InChI=1S/C29H25NO2S2/c1-22-12-14-28(15-13-22)34(31,32)30-20-27(24-10-6-3-7-11-24)18-26(23-8-4-2-5-9-23)19-29(30)25-16-17-33-21-25/h2-19,21,27H,20H2,1H3/t27-/m1/s1. The van der Waals surface area contributed by atoms with Crippen molar-refractivity contribution in [3.05, 3.63) is 136 Å². The molecule has 0 amide bonds. The summed E-state index contributed by atoms with van der Waals surface area (Å²) in [5.41, 5.74) is 5.77. The molecule has 5 heteroatoms. The molecule has 34 heavy (non-hydrogen) atoms. The molecule has 0 saturated heterocycles. The van der Waals surface area contributed by atoms with Gasteiger partial charge in [0.25, 0.3) is 10.0 Å². The van der Waals surface area contributed by atoms with Gasteiger partial charge < -0.3 is 0 Å². The largest absolute Gasteiger partial charge is 0.265 e. The Labute approximate surface area is 205 Å². The molecule has 1 aliphatic rings. The smallest absolute Gasteiger partial charge is 0.264 e. The average Bonchev–Trinajstić information content (AvgIpc) is 3.32. The highest BCUT2D eigenvalue weighted by Crippen LogP contribution is 2.38. The van der Waals surface area contributed by atoms with E-state index < -0.39 is 10.0 Å². The molecule has 0 N–H and O–H groups in total. The van der Waals surface area contributed by atoms with Crippen LogP contribution in [0.2, 0.25) is 0 Å². The molecule has 4 aromatic rings. The predicted octanol–water partition coefficient (Wildman–Crippen LogP) is 6.97. The summed E-state index contributed by atoms with van der Waals surface area (Å²) in [7, 11) is -3.79. The molecule has 0 radical (unpaired) electrons. The number of allylic oxidation sites excluding steroid dienone is 2. The van der Waals surface area contributed by atoms with Crippen LogP contribution in [0.4, 0.5) is 0 Å². The average molecular weight is 484 g/mol. The molecule has 1 aromatic heterocycles. The second-order valence-corrected chi connectivity index (χ2v) is 11.0. The van der Waals surface area contributed by atoms with Crippen LogP contribution in [0.25, 0.3) is 11.3 Å². The second-order valence-electron chi connectivity index (χ2n) is 8.40. The summed E-state index contributed by atoms with van der Waals surface area (Å²) in [6, 6.07) is 29.4. The van der Waals surface area contributed by atoms with E-state index in [9.17, 15) is 8.42 Å². The van der Waals surface area contributed by atoms with Crippen molar-refractivity contribution in [2.45, 2.75) is 17.7 Å². The van der Waals surface area contributed by atoms with Gasteiger partial charge in [-0.1, -0.05) is 84.4 Å². The fraction of sp³-hybridized carbons (Fsp3) is 0.103. The van der Waals surface area contributed by atoms with Crippen molar-refractivity contribution in [3.8, 4) is 0 Å². The zero-order valence-corrected chi connectivity index (χ0v) is 20.5. The highest BCUT2D eigenvalue weighted by atomic mass is 32.2. The van der Waals surface area contributed by atoms with Gasteiger partial charge in [0, 0.05) is 23.4 Å². The number of hydrogen-bond acceptors (Lipinski definition) is 3. The van der Waals surface area contributed by atoms with Crippen LogP contribution in [0.1, 0.15) is 28.2 Å². The molecular weight excluding hydrogens is 458 g/mol. The monoisotopic (exact) mass is 483 g/mol.